The van der Waals surface area contributed by atoms with Crippen LogP contribution in [0.4, 0.5) is 34.1 Å². The Bertz CT molecular complexity index is 5350. The fourth-order valence-corrected chi connectivity index (χ4v) is 18.3. The first-order valence-electron chi connectivity index (χ1n) is 35.6. The standard InChI is InChI=1S/C92H84B2N2/c1-89(2,3)57-41-43-75-79(47-57)95(61-33-21-15-22-34-61)81-49-59(91(7,8)9)45-73-69-51-68(66-40-28-26-38-64(66)56-31-19-14-20-32-56)72-54-78-84-70(52-67(65-39-27-25-37-63(65)55-29-17-13-18-30-55)71-53-77(93(75)87(73)81)83(69)85(72)86(71)84)74-46-60(92(10,11)12)50-82-88(74)94(78)76-44-42-58(90(4,5)6)48-80(76)96(82)62-35-23-16-24-36-62/h13-25,27,29-37,39,41-54,64,66H,26,28,38,40H2,1-12H3. The van der Waals surface area contributed by atoms with Gasteiger partial charge in [0.25, 0.3) is 0 Å². The van der Waals surface area contributed by atoms with Crippen LogP contribution in [0.1, 0.15) is 154 Å². The molecule has 18 rings (SSSR count). The fourth-order valence-electron chi connectivity index (χ4n) is 18.3. The Morgan fingerprint density at radius 2 is 0.719 bits per heavy atom. The highest BCUT2D eigenvalue weighted by Gasteiger charge is 2.48. The second-order valence-corrected chi connectivity index (χ2v) is 33.0. The lowest BCUT2D eigenvalue weighted by atomic mass is 9.31. The first kappa shape index (κ1) is 59.1. The van der Waals surface area contributed by atoms with Crippen molar-refractivity contribution >= 4 is 113 Å². The summed E-state index contributed by atoms with van der Waals surface area (Å²) in [6.07, 6.45) is 4.74. The third-order valence-corrected chi connectivity index (χ3v) is 23.1. The molecule has 0 saturated heterocycles. The van der Waals surface area contributed by atoms with Gasteiger partial charge >= 0.3 is 0 Å². The topological polar surface area (TPSA) is 6.48 Å². The molecule has 5 aliphatic rings. The number of fused-ring (bicyclic) bond motifs is 8. The van der Waals surface area contributed by atoms with Gasteiger partial charge in [-0.25, -0.2) is 0 Å². The van der Waals surface area contributed by atoms with E-state index in [0.29, 0.717) is 5.92 Å². The number of hydrogen-bond donors (Lipinski definition) is 0. The molecular weight excluding hydrogens is 1150 g/mol. The minimum atomic E-state index is -0.160. The molecule has 0 bridgehead atoms. The summed E-state index contributed by atoms with van der Waals surface area (Å²) >= 11 is 0. The minimum Gasteiger partial charge on any atom is -0.311 e. The van der Waals surface area contributed by atoms with Crippen molar-refractivity contribution in [1.82, 2.24) is 0 Å². The van der Waals surface area contributed by atoms with Crippen molar-refractivity contribution in [3.63, 3.8) is 0 Å². The summed E-state index contributed by atoms with van der Waals surface area (Å²) in [6, 6.07) is 91.5. The van der Waals surface area contributed by atoms with E-state index in [1.165, 1.54) is 196 Å². The van der Waals surface area contributed by atoms with E-state index in [0.717, 1.165) is 6.42 Å². The van der Waals surface area contributed by atoms with Crippen molar-refractivity contribution in [2.75, 3.05) is 9.80 Å². The second kappa shape index (κ2) is 21.1. The van der Waals surface area contributed by atoms with Crippen LogP contribution in [0.15, 0.2) is 231 Å². The van der Waals surface area contributed by atoms with Gasteiger partial charge in [-0.1, -0.05) is 277 Å². The van der Waals surface area contributed by atoms with E-state index in [-0.39, 0.29) is 41.0 Å². The second-order valence-electron chi connectivity index (χ2n) is 33.0. The maximum Gasteiger partial charge on any atom is 0.248 e. The lowest BCUT2D eigenvalue weighted by Gasteiger charge is -2.44. The smallest absolute Gasteiger partial charge is 0.248 e. The van der Waals surface area contributed by atoms with Gasteiger partial charge in [0.1, 0.15) is 0 Å². The summed E-state index contributed by atoms with van der Waals surface area (Å²) in [4.78, 5) is 5.30. The summed E-state index contributed by atoms with van der Waals surface area (Å²) in [5.74, 6) is 0.650. The quantitative estimate of drug-likeness (QED) is 0.121. The summed E-state index contributed by atoms with van der Waals surface area (Å²) in [5.41, 5.74) is 34.3. The first-order valence-corrected chi connectivity index (χ1v) is 35.6. The van der Waals surface area contributed by atoms with Crippen molar-refractivity contribution in [2.24, 2.45) is 0 Å². The maximum atomic E-state index is 2.82. The van der Waals surface area contributed by atoms with E-state index in [1.807, 2.05) is 0 Å². The van der Waals surface area contributed by atoms with Crippen LogP contribution < -0.4 is 42.6 Å². The van der Waals surface area contributed by atoms with Crippen LogP contribution in [0.3, 0.4) is 0 Å². The van der Waals surface area contributed by atoms with E-state index in [4.69, 9.17) is 0 Å². The molecule has 1 saturated carbocycles. The van der Waals surface area contributed by atoms with Gasteiger partial charge in [-0.05, 0) is 239 Å². The summed E-state index contributed by atoms with van der Waals surface area (Å²) in [6.45, 7) is 28.7. The fraction of sp³-hybridized carbons (Fsp3) is 0.239. The van der Waals surface area contributed by atoms with Gasteiger partial charge in [0.2, 0.25) is 13.4 Å². The highest BCUT2D eigenvalue weighted by atomic mass is 15.2. The van der Waals surface area contributed by atoms with Gasteiger partial charge in [-0.15, -0.1) is 0 Å². The van der Waals surface area contributed by atoms with Crippen LogP contribution in [0.2, 0.25) is 0 Å². The Hall–Kier alpha value is -9.37. The molecule has 2 unspecified atom stereocenters. The highest BCUT2D eigenvalue weighted by Crippen LogP contribution is 2.56. The predicted octanol–water partition coefficient (Wildman–Crippen LogP) is 21.1. The van der Waals surface area contributed by atoms with E-state index < -0.39 is 0 Å². The van der Waals surface area contributed by atoms with Crippen LogP contribution in [-0.2, 0) is 21.7 Å². The summed E-state index contributed by atoms with van der Waals surface area (Å²) in [7, 11) is 0. The van der Waals surface area contributed by atoms with Gasteiger partial charge in [0.15, 0.2) is 0 Å². The van der Waals surface area contributed by atoms with E-state index in [2.05, 4.69) is 323 Å². The molecule has 96 heavy (non-hydrogen) atoms. The third kappa shape index (κ3) is 8.85. The number of nitrogens with zero attached hydrogens (tertiary/aromatic N) is 2. The molecule has 4 aliphatic heterocycles. The van der Waals surface area contributed by atoms with Crippen molar-refractivity contribution in [2.45, 2.75) is 142 Å². The highest BCUT2D eigenvalue weighted by molar-refractivity contribution is 7.02. The number of para-hydroxylation sites is 2. The van der Waals surface area contributed by atoms with E-state index >= 15 is 0 Å². The third-order valence-electron chi connectivity index (χ3n) is 23.1. The molecule has 2 nitrogen and oxygen atoms in total. The zero-order valence-corrected chi connectivity index (χ0v) is 58.0. The lowest BCUT2D eigenvalue weighted by Crippen LogP contribution is -2.60. The van der Waals surface area contributed by atoms with Crippen molar-refractivity contribution in [3.8, 4) is 44.5 Å². The van der Waals surface area contributed by atoms with Crippen LogP contribution in [0, 0.1) is 0 Å². The Balaban J connectivity index is 1.07. The van der Waals surface area contributed by atoms with Gasteiger partial charge in [-0.2, -0.15) is 0 Å². The Labute approximate surface area is 569 Å². The van der Waals surface area contributed by atoms with Gasteiger partial charge in [-0.3, -0.25) is 0 Å². The first-order chi connectivity index (χ1) is 46.2. The number of hydrogen-bond acceptors (Lipinski definition) is 2. The normalized spacial score (nSPS) is 16.3. The van der Waals surface area contributed by atoms with Gasteiger partial charge in [0, 0.05) is 34.1 Å². The SMILES string of the molecule is CC(C)(C)c1ccc2c(c1)N(c1ccccc1)c1cc(C(C)(C)C)cc3c1B2c1cc2c(C4CCCCC4c4ccccc4)cc4c5c(cc6c(-c7ccccc7-c7ccccc7)cc-3c1c6c25)B1c2ccc(C(C)(C)C)cc2N(c2ccccc2)c2cc(C(C)(C)C)cc-4c21. The zero-order chi connectivity index (χ0) is 65.6. The molecule has 0 amide bonds. The van der Waals surface area contributed by atoms with Crippen molar-refractivity contribution in [3.05, 3.63) is 264 Å². The molecule has 0 aromatic heterocycles. The molecule has 1 fully saturated rings. The van der Waals surface area contributed by atoms with Crippen LogP contribution in [0.5, 0.6) is 0 Å². The van der Waals surface area contributed by atoms with E-state index in [1.54, 1.807) is 0 Å². The number of benzene rings is 13. The maximum absolute atomic E-state index is 2.82. The molecule has 13 aromatic carbocycles. The molecule has 468 valence electrons. The van der Waals surface area contributed by atoms with Gasteiger partial charge < -0.3 is 9.80 Å². The molecule has 0 spiro atoms. The van der Waals surface area contributed by atoms with E-state index in [9.17, 15) is 0 Å². The molecule has 0 N–H and O–H groups in total. The lowest BCUT2D eigenvalue weighted by molar-refractivity contribution is 0.388. The molecule has 2 atom stereocenters. The molecule has 13 aromatic rings. The van der Waals surface area contributed by atoms with Crippen molar-refractivity contribution in [1.29, 1.82) is 0 Å². The summed E-state index contributed by atoms with van der Waals surface area (Å²) in [5, 5.41) is 8.47. The molecule has 0 radical (unpaired) electrons. The summed E-state index contributed by atoms with van der Waals surface area (Å²) < 4.78 is 0. The largest absolute Gasteiger partial charge is 0.311 e. The average molecular weight is 1240 g/mol. The minimum absolute atomic E-state index is 0.0467. The van der Waals surface area contributed by atoms with Crippen LogP contribution in [0.25, 0.3) is 76.8 Å². The Morgan fingerprint density at radius 1 is 0.302 bits per heavy atom. The average Bonchev–Trinajstić information content (AvgIpc) is 0.658. The predicted molar refractivity (Wildman–Crippen MR) is 416 cm³/mol. The zero-order valence-electron chi connectivity index (χ0n) is 58.0. The monoisotopic (exact) mass is 1240 g/mol. The van der Waals surface area contributed by atoms with Crippen molar-refractivity contribution < 1.29 is 0 Å². The van der Waals surface area contributed by atoms with Gasteiger partial charge in [0.05, 0.1) is 0 Å². The molecular formula is C92H84B2N2. The molecule has 4 heterocycles. The number of rotatable bonds is 6. The Morgan fingerprint density at radius 3 is 1.22 bits per heavy atom. The number of anilines is 6. The van der Waals surface area contributed by atoms with Crippen LogP contribution in [-0.4, -0.2) is 13.4 Å². The van der Waals surface area contributed by atoms with Crippen LogP contribution >= 0.6 is 0 Å². The molecule has 4 heteroatoms. The molecule has 1 aliphatic carbocycles. The Kier molecular flexibility index (Phi) is 13.0.